The Labute approximate surface area is 149 Å². The van der Waals surface area contributed by atoms with Crippen LogP contribution in [0.2, 0.25) is 0 Å². The lowest BCUT2D eigenvalue weighted by molar-refractivity contribution is -0.131. The maximum Gasteiger partial charge on any atom is 0.251 e. The second-order valence-corrected chi connectivity index (χ2v) is 6.56. The van der Waals surface area contributed by atoms with Crippen molar-refractivity contribution < 1.29 is 9.59 Å². The molecule has 1 saturated heterocycles. The summed E-state index contributed by atoms with van der Waals surface area (Å²) in [6.45, 7) is 2.77. The van der Waals surface area contributed by atoms with Gasteiger partial charge in [-0.2, -0.15) is 0 Å². The summed E-state index contributed by atoms with van der Waals surface area (Å²) in [4.78, 5) is 26.0. The fraction of sp³-hybridized carbons (Fsp3) is 0.556. The fourth-order valence-corrected chi connectivity index (χ4v) is 2.95. The molecule has 1 aliphatic carbocycles. The smallest absolute Gasteiger partial charge is 0.251 e. The van der Waals surface area contributed by atoms with Crippen LogP contribution in [0.1, 0.15) is 36.0 Å². The van der Waals surface area contributed by atoms with E-state index in [9.17, 15) is 9.59 Å². The van der Waals surface area contributed by atoms with Crippen LogP contribution in [0.25, 0.3) is 0 Å². The van der Waals surface area contributed by atoms with Crippen molar-refractivity contribution in [1.29, 1.82) is 0 Å². The van der Waals surface area contributed by atoms with Crippen LogP contribution in [0.4, 0.5) is 0 Å². The van der Waals surface area contributed by atoms with E-state index in [4.69, 9.17) is 0 Å². The normalized spacial score (nSPS) is 17.9. The highest BCUT2D eigenvalue weighted by molar-refractivity contribution is 5.96. The summed E-state index contributed by atoms with van der Waals surface area (Å²) < 4.78 is 0. The Kier molecular flexibility index (Phi) is 7.06. The first kappa shape index (κ1) is 18.7. The summed E-state index contributed by atoms with van der Waals surface area (Å²) in [5, 5.41) is 6.32. The van der Waals surface area contributed by atoms with Crippen molar-refractivity contribution in [3.63, 3.8) is 0 Å². The predicted octanol–water partition coefficient (Wildman–Crippen LogP) is 1.83. The van der Waals surface area contributed by atoms with Crippen LogP contribution < -0.4 is 10.6 Å². The van der Waals surface area contributed by atoms with Crippen LogP contribution in [-0.4, -0.2) is 48.9 Å². The number of rotatable bonds is 6. The minimum Gasteiger partial charge on any atom is -0.343 e. The molecule has 3 rings (SSSR count). The number of likely N-dealkylation sites (tertiary alicyclic amines) is 1. The standard InChI is InChI=1S/C18H25N3O2.ClH/c22-17(13-20-18(23)15-4-2-1-3-5-15)21-10-8-16(9-11-21)19-12-14-6-7-14;/h1-5,14,16,19H,6-13H2,(H,20,23);1H. The number of carbonyl (C=O) groups excluding carboxylic acids is 2. The van der Waals surface area contributed by atoms with Crippen molar-refractivity contribution in [3.8, 4) is 0 Å². The summed E-state index contributed by atoms with van der Waals surface area (Å²) in [5.74, 6) is 0.706. The maximum absolute atomic E-state index is 12.2. The van der Waals surface area contributed by atoms with Crippen LogP contribution in [0, 0.1) is 5.92 Å². The first-order valence-corrected chi connectivity index (χ1v) is 8.57. The van der Waals surface area contributed by atoms with Crippen molar-refractivity contribution in [1.82, 2.24) is 15.5 Å². The third kappa shape index (κ3) is 5.49. The van der Waals surface area contributed by atoms with Gasteiger partial charge in [0.1, 0.15) is 0 Å². The average Bonchev–Trinajstić information content (AvgIpc) is 3.43. The Bertz CT molecular complexity index is 540. The van der Waals surface area contributed by atoms with E-state index in [1.54, 1.807) is 12.1 Å². The molecule has 1 aromatic rings. The second-order valence-electron chi connectivity index (χ2n) is 6.56. The summed E-state index contributed by atoms with van der Waals surface area (Å²) in [7, 11) is 0. The van der Waals surface area contributed by atoms with Crippen molar-refractivity contribution in [3.05, 3.63) is 35.9 Å². The van der Waals surface area contributed by atoms with Gasteiger partial charge in [0, 0.05) is 24.7 Å². The minimum absolute atomic E-state index is 0. The van der Waals surface area contributed by atoms with Gasteiger partial charge in [-0.15, -0.1) is 12.4 Å². The van der Waals surface area contributed by atoms with E-state index < -0.39 is 0 Å². The molecule has 1 aliphatic heterocycles. The van der Waals surface area contributed by atoms with E-state index in [0.717, 1.165) is 38.4 Å². The Balaban J connectivity index is 0.00000208. The topological polar surface area (TPSA) is 61.4 Å². The molecule has 1 saturated carbocycles. The number of carbonyl (C=O) groups is 2. The number of hydrogen-bond acceptors (Lipinski definition) is 3. The summed E-state index contributed by atoms with van der Waals surface area (Å²) in [5.41, 5.74) is 0.586. The molecule has 0 atom stereocenters. The highest BCUT2D eigenvalue weighted by atomic mass is 35.5. The van der Waals surface area contributed by atoms with Crippen LogP contribution >= 0.6 is 12.4 Å². The molecule has 24 heavy (non-hydrogen) atoms. The summed E-state index contributed by atoms with van der Waals surface area (Å²) in [6, 6.07) is 9.53. The van der Waals surface area contributed by atoms with E-state index in [1.165, 1.54) is 12.8 Å². The molecule has 6 heteroatoms. The van der Waals surface area contributed by atoms with Crippen LogP contribution in [-0.2, 0) is 4.79 Å². The molecule has 1 aromatic carbocycles. The van der Waals surface area contributed by atoms with Gasteiger partial charge in [0.15, 0.2) is 0 Å². The molecule has 2 aliphatic rings. The van der Waals surface area contributed by atoms with Gasteiger partial charge < -0.3 is 15.5 Å². The second kappa shape index (κ2) is 9.04. The van der Waals surface area contributed by atoms with E-state index in [-0.39, 0.29) is 30.8 Å². The third-order valence-electron chi connectivity index (χ3n) is 4.68. The molecule has 0 unspecified atom stereocenters. The third-order valence-corrected chi connectivity index (χ3v) is 4.68. The van der Waals surface area contributed by atoms with E-state index >= 15 is 0 Å². The van der Waals surface area contributed by atoms with Crippen molar-refractivity contribution in [2.24, 2.45) is 5.92 Å². The predicted molar refractivity (Wildman–Crippen MR) is 96.4 cm³/mol. The van der Waals surface area contributed by atoms with E-state index in [0.29, 0.717) is 11.6 Å². The maximum atomic E-state index is 12.2. The number of hydrogen-bond donors (Lipinski definition) is 2. The number of amides is 2. The summed E-state index contributed by atoms with van der Waals surface area (Å²) in [6.07, 6.45) is 4.74. The molecule has 0 bridgehead atoms. The number of nitrogens with one attached hydrogen (secondary N) is 2. The number of nitrogens with zero attached hydrogens (tertiary/aromatic N) is 1. The zero-order valence-corrected chi connectivity index (χ0v) is 14.7. The highest BCUT2D eigenvalue weighted by Gasteiger charge is 2.26. The number of benzene rings is 1. The first-order valence-electron chi connectivity index (χ1n) is 8.57. The average molecular weight is 352 g/mol. The number of halogens is 1. The van der Waals surface area contributed by atoms with E-state index in [2.05, 4.69) is 10.6 Å². The van der Waals surface area contributed by atoms with Gasteiger partial charge in [-0.1, -0.05) is 18.2 Å². The van der Waals surface area contributed by atoms with Gasteiger partial charge in [0.2, 0.25) is 5.91 Å². The molecule has 132 valence electrons. The molecular weight excluding hydrogens is 326 g/mol. The molecule has 5 nitrogen and oxygen atoms in total. The van der Waals surface area contributed by atoms with Crippen molar-refractivity contribution >= 4 is 24.2 Å². The van der Waals surface area contributed by atoms with Crippen LogP contribution in [0.15, 0.2) is 30.3 Å². The first-order chi connectivity index (χ1) is 11.2. The quantitative estimate of drug-likeness (QED) is 0.822. The van der Waals surface area contributed by atoms with Gasteiger partial charge in [0.05, 0.1) is 6.54 Å². The minimum atomic E-state index is -0.195. The van der Waals surface area contributed by atoms with Gasteiger partial charge in [-0.25, -0.2) is 0 Å². The van der Waals surface area contributed by atoms with Crippen LogP contribution in [0.3, 0.4) is 0 Å². The van der Waals surface area contributed by atoms with Gasteiger partial charge in [0.25, 0.3) is 5.91 Å². The van der Waals surface area contributed by atoms with Crippen molar-refractivity contribution in [2.75, 3.05) is 26.2 Å². The zero-order valence-electron chi connectivity index (χ0n) is 13.9. The largest absolute Gasteiger partial charge is 0.343 e. The van der Waals surface area contributed by atoms with E-state index in [1.807, 2.05) is 23.1 Å². The molecular formula is C18H26ClN3O2. The zero-order chi connectivity index (χ0) is 16.1. The molecule has 2 amide bonds. The molecule has 0 aromatic heterocycles. The lowest BCUT2D eigenvalue weighted by Gasteiger charge is -2.32. The Hall–Kier alpha value is -1.59. The Morgan fingerprint density at radius 2 is 1.71 bits per heavy atom. The SMILES string of the molecule is Cl.O=C(NCC(=O)N1CCC(NCC2CC2)CC1)c1ccccc1. The van der Waals surface area contributed by atoms with Gasteiger partial charge in [-0.05, 0) is 50.3 Å². The lowest BCUT2D eigenvalue weighted by Crippen LogP contribution is -2.48. The van der Waals surface area contributed by atoms with Crippen molar-refractivity contribution in [2.45, 2.75) is 31.7 Å². The number of piperidine rings is 1. The van der Waals surface area contributed by atoms with Gasteiger partial charge in [-0.3, -0.25) is 9.59 Å². The molecule has 1 heterocycles. The molecule has 2 fully saturated rings. The van der Waals surface area contributed by atoms with Crippen LogP contribution in [0.5, 0.6) is 0 Å². The Morgan fingerprint density at radius 1 is 1.04 bits per heavy atom. The Morgan fingerprint density at radius 3 is 2.33 bits per heavy atom. The summed E-state index contributed by atoms with van der Waals surface area (Å²) >= 11 is 0. The molecule has 0 radical (unpaired) electrons. The highest BCUT2D eigenvalue weighted by Crippen LogP contribution is 2.28. The molecule has 0 spiro atoms. The fourth-order valence-electron chi connectivity index (χ4n) is 2.95. The molecule has 2 N–H and O–H groups in total. The lowest BCUT2D eigenvalue weighted by atomic mass is 10.0. The van der Waals surface area contributed by atoms with Gasteiger partial charge >= 0.3 is 0 Å². The monoisotopic (exact) mass is 351 g/mol.